The number of amides is 2. The molecular weight excluding hydrogens is 445 g/mol. The molecular formula is C23H18FN5O5. The van der Waals surface area contributed by atoms with Gasteiger partial charge >= 0.3 is 5.76 Å². The number of hydrogen-bond acceptors (Lipinski definition) is 6. The number of hydrogen-bond donors (Lipinski definition) is 2. The molecule has 10 nitrogen and oxygen atoms in total. The normalized spacial score (nSPS) is 13.9. The van der Waals surface area contributed by atoms with E-state index in [9.17, 15) is 23.6 Å². The Balaban J connectivity index is 1.35. The maximum atomic E-state index is 14.7. The van der Waals surface area contributed by atoms with Gasteiger partial charge in [-0.3, -0.25) is 23.9 Å². The van der Waals surface area contributed by atoms with Gasteiger partial charge in [0.15, 0.2) is 5.82 Å². The molecule has 0 aliphatic carbocycles. The predicted octanol–water partition coefficient (Wildman–Crippen LogP) is 1.82. The maximum absolute atomic E-state index is 14.7. The van der Waals surface area contributed by atoms with Gasteiger partial charge in [-0.2, -0.15) is 0 Å². The lowest BCUT2D eigenvalue weighted by molar-refractivity contribution is -0.127. The third kappa shape index (κ3) is 3.66. The number of nitrogens with zero attached hydrogens (tertiary/aromatic N) is 3. The van der Waals surface area contributed by atoms with Crippen LogP contribution in [0.15, 0.2) is 58.0 Å². The fourth-order valence-corrected chi connectivity index (χ4v) is 4.06. The number of H-pyrrole nitrogens is 2. The van der Waals surface area contributed by atoms with E-state index in [4.69, 9.17) is 0 Å². The van der Waals surface area contributed by atoms with Crippen molar-refractivity contribution in [2.75, 3.05) is 26.2 Å². The van der Waals surface area contributed by atoms with Crippen LogP contribution in [0.2, 0.25) is 0 Å². The van der Waals surface area contributed by atoms with Crippen LogP contribution in [0.3, 0.4) is 0 Å². The average molecular weight is 463 g/mol. The SMILES string of the molecule is O=C(C(=O)N1CCN(C(=O)c2ccccc2)CC1)c1c[nH]c2c(-c3noc(=O)[nH]3)ccc(F)c12. The number of nitrogens with one attached hydrogen (secondary N) is 2. The highest BCUT2D eigenvalue weighted by Gasteiger charge is 2.31. The summed E-state index contributed by atoms with van der Waals surface area (Å²) in [6, 6.07) is 11.3. The summed E-state index contributed by atoms with van der Waals surface area (Å²) in [6.45, 7) is 0.913. The minimum atomic E-state index is -0.876. The van der Waals surface area contributed by atoms with Gasteiger partial charge in [-0.25, -0.2) is 9.18 Å². The summed E-state index contributed by atoms with van der Waals surface area (Å²) in [5, 5.41) is 3.51. The van der Waals surface area contributed by atoms with Gasteiger partial charge < -0.3 is 14.8 Å². The zero-order valence-corrected chi connectivity index (χ0v) is 17.7. The first-order valence-electron chi connectivity index (χ1n) is 10.5. The lowest BCUT2D eigenvalue weighted by Gasteiger charge is -2.34. The number of halogens is 1. The number of piperazine rings is 1. The van der Waals surface area contributed by atoms with Crippen LogP contribution in [0.5, 0.6) is 0 Å². The molecule has 2 amide bonds. The second-order valence-corrected chi connectivity index (χ2v) is 7.77. The number of aromatic amines is 2. The third-order valence-corrected chi connectivity index (χ3v) is 5.79. The second-order valence-electron chi connectivity index (χ2n) is 7.77. The monoisotopic (exact) mass is 463 g/mol. The summed E-state index contributed by atoms with van der Waals surface area (Å²) in [7, 11) is 0. The summed E-state index contributed by atoms with van der Waals surface area (Å²) >= 11 is 0. The van der Waals surface area contributed by atoms with E-state index in [1.165, 1.54) is 17.2 Å². The number of fused-ring (bicyclic) bond motifs is 1. The summed E-state index contributed by atoms with van der Waals surface area (Å²) in [6.07, 6.45) is 1.25. The molecule has 0 spiro atoms. The molecule has 2 N–H and O–H groups in total. The lowest BCUT2D eigenvalue weighted by atomic mass is 10.0. The fourth-order valence-electron chi connectivity index (χ4n) is 4.06. The van der Waals surface area contributed by atoms with Crippen molar-refractivity contribution in [2.24, 2.45) is 0 Å². The minimum absolute atomic E-state index is 0.0568. The maximum Gasteiger partial charge on any atom is 0.439 e. The van der Waals surface area contributed by atoms with E-state index in [1.807, 2.05) is 6.07 Å². The number of Topliss-reactive ketones (excluding diaryl/α,β-unsaturated/α-hetero) is 1. The number of benzene rings is 2. The molecule has 0 bridgehead atoms. The van der Waals surface area contributed by atoms with Crippen LogP contribution in [-0.4, -0.2) is 68.7 Å². The molecule has 1 saturated heterocycles. The van der Waals surface area contributed by atoms with Gasteiger partial charge in [0, 0.05) is 48.9 Å². The molecule has 2 aromatic carbocycles. The number of ketones is 1. The van der Waals surface area contributed by atoms with Gasteiger partial charge in [0.25, 0.3) is 17.6 Å². The highest BCUT2D eigenvalue weighted by Crippen LogP contribution is 2.30. The van der Waals surface area contributed by atoms with Crippen molar-refractivity contribution in [3.05, 3.63) is 76.2 Å². The summed E-state index contributed by atoms with van der Waals surface area (Å²) in [4.78, 5) is 58.0. The van der Waals surface area contributed by atoms with Crippen molar-refractivity contribution in [1.82, 2.24) is 24.9 Å². The lowest BCUT2D eigenvalue weighted by Crippen LogP contribution is -2.52. The van der Waals surface area contributed by atoms with Crippen molar-refractivity contribution in [2.45, 2.75) is 0 Å². The Morgan fingerprint density at radius 3 is 2.35 bits per heavy atom. The Bertz CT molecular complexity index is 1460. The molecule has 3 heterocycles. The molecule has 11 heteroatoms. The van der Waals surface area contributed by atoms with E-state index in [0.717, 1.165) is 6.07 Å². The molecule has 1 aliphatic rings. The zero-order chi connectivity index (χ0) is 23.8. The molecule has 0 unspecified atom stereocenters. The Kier molecular flexibility index (Phi) is 5.28. The van der Waals surface area contributed by atoms with Crippen LogP contribution in [0, 0.1) is 5.82 Å². The molecule has 4 aromatic rings. The Morgan fingerprint density at radius 1 is 0.971 bits per heavy atom. The molecule has 1 aliphatic heterocycles. The summed E-state index contributed by atoms with van der Waals surface area (Å²) in [5.74, 6) is -3.24. The second kappa shape index (κ2) is 8.43. The van der Waals surface area contributed by atoms with Crippen LogP contribution < -0.4 is 5.76 Å². The van der Waals surface area contributed by atoms with E-state index in [1.54, 1.807) is 29.2 Å². The Morgan fingerprint density at radius 2 is 1.68 bits per heavy atom. The van der Waals surface area contributed by atoms with Gasteiger partial charge in [0.1, 0.15) is 5.82 Å². The first kappa shape index (κ1) is 21.3. The van der Waals surface area contributed by atoms with E-state index in [-0.39, 0.29) is 54.4 Å². The van der Waals surface area contributed by atoms with Crippen molar-refractivity contribution in [1.29, 1.82) is 0 Å². The minimum Gasteiger partial charge on any atom is -0.360 e. The average Bonchev–Trinajstić information content (AvgIpc) is 3.51. The van der Waals surface area contributed by atoms with Crippen LogP contribution in [0.1, 0.15) is 20.7 Å². The van der Waals surface area contributed by atoms with Gasteiger partial charge in [-0.15, -0.1) is 0 Å². The molecule has 172 valence electrons. The van der Waals surface area contributed by atoms with E-state index in [2.05, 4.69) is 19.6 Å². The van der Waals surface area contributed by atoms with Crippen molar-refractivity contribution >= 4 is 28.5 Å². The summed E-state index contributed by atoms with van der Waals surface area (Å²) < 4.78 is 19.2. The van der Waals surface area contributed by atoms with Crippen LogP contribution in [0.25, 0.3) is 22.3 Å². The topological polar surface area (TPSA) is 132 Å². The Hall–Kier alpha value is -4.54. The van der Waals surface area contributed by atoms with Crippen molar-refractivity contribution in [3.63, 3.8) is 0 Å². The smallest absolute Gasteiger partial charge is 0.360 e. The number of carbonyl (C=O) groups excluding carboxylic acids is 3. The molecule has 1 fully saturated rings. The third-order valence-electron chi connectivity index (χ3n) is 5.79. The zero-order valence-electron chi connectivity index (χ0n) is 17.7. The van der Waals surface area contributed by atoms with Gasteiger partial charge in [0.2, 0.25) is 0 Å². The quantitative estimate of drug-likeness (QED) is 0.351. The van der Waals surface area contributed by atoms with Crippen LogP contribution in [0.4, 0.5) is 4.39 Å². The first-order valence-corrected chi connectivity index (χ1v) is 10.5. The van der Waals surface area contributed by atoms with Gasteiger partial charge in [-0.1, -0.05) is 23.4 Å². The highest BCUT2D eigenvalue weighted by molar-refractivity contribution is 6.45. The predicted molar refractivity (Wildman–Crippen MR) is 118 cm³/mol. The van der Waals surface area contributed by atoms with E-state index >= 15 is 0 Å². The molecule has 5 rings (SSSR count). The van der Waals surface area contributed by atoms with Gasteiger partial charge in [0.05, 0.1) is 11.1 Å². The highest BCUT2D eigenvalue weighted by atomic mass is 19.1. The van der Waals surface area contributed by atoms with E-state index in [0.29, 0.717) is 11.1 Å². The fraction of sp³-hybridized carbons (Fsp3) is 0.174. The van der Waals surface area contributed by atoms with E-state index < -0.39 is 23.3 Å². The first-order chi connectivity index (χ1) is 16.4. The molecule has 2 aromatic heterocycles. The molecule has 0 atom stereocenters. The largest absolute Gasteiger partial charge is 0.439 e. The number of rotatable bonds is 4. The molecule has 0 saturated carbocycles. The summed E-state index contributed by atoms with van der Waals surface area (Å²) in [5.41, 5.74) is 0.922. The van der Waals surface area contributed by atoms with Crippen molar-refractivity contribution in [3.8, 4) is 11.4 Å². The standard InChI is InChI=1S/C23H18FN5O5/c24-16-7-6-14(20-26-23(33)34-27-20)18-17(16)15(12-25-18)19(30)22(32)29-10-8-28(9-11-29)21(31)13-4-2-1-3-5-13/h1-7,12,25H,8-11H2,(H,26,27,33). The van der Waals surface area contributed by atoms with Gasteiger partial charge in [-0.05, 0) is 24.3 Å². The van der Waals surface area contributed by atoms with Crippen molar-refractivity contribution < 1.29 is 23.3 Å². The molecule has 0 radical (unpaired) electrons. The van der Waals surface area contributed by atoms with Crippen LogP contribution in [-0.2, 0) is 4.79 Å². The Labute approximate surface area is 191 Å². The van der Waals surface area contributed by atoms with Crippen LogP contribution >= 0.6 is 0 Å². The number of carbonyl (C=O) groups is 3. The number of aromatic nitrogens is 3. The molecule has 34 heavy (non-hydrogen) atoms.